The first-order valence-corrected chi connectivity index (χ1v) is 7.34. The second-order valence-electron chi connectivity index (χ2n) is 4.35. The first kappa shape index (κ1) is 12.8. The highest BCUT2D eigenvalue weighted by molar-refractivity contribution is 8.32. The quantitative estimate of drug-likeness (QED) is 0.558. The Bertz CT molecular complexity index is 381. The van der Waals surface area contributed by atoms with Crippen LogP contribution in [-0.2, 0) is 0 Å². The van der Waals surface area contributed by atoms with Crippen LogP contribution in [-0.4, -0.2) is 42.3 Å². The fourth-order valence-corrected chi connectivity index (χ4v) is 2.94. The van der Waals surface area contributed by atoms with Crippen LogP contribution in [0.5, 0.6) is 0 Å². The van der Waals surface area contributed by atoms with Gasteiger partial charge in [-0.3, -0.25) is 0 Å². The summed E-state index contributed by atoms with van der Waals surface area (Å²) >= 11 is 0. The lowest BCUT2D eigenvalue weighted by Gasteiger charge is -2.31. The van der Waals surface area contributed by atoms with E-state index in [1.165, 1.54) is 0 Å². The molecule has 0 aliphatic heterocycles. The van der Waals surface area contributed by atoms with Crippen molar-refractivity contribution in [2.45, 2.75) is 11.8 Å². The summed E-state index contributed by atoms with van der Waals surface area (Å²) in [6.07, 6.45) is 5.91. The van der Waals surface area contributed by atoms with Gasteiger partial charge in [0.15, 0.2) is 0 Å². The molecule has 0 saturated heterocycles. The van der Waals surface area contributed by atoms with Crippen LogP contribution in [0.25, 0.3) is 0 Å². The van der Waals surface area contributed by atoms with E-state index >= 15 is 0 Å². The van der Waals surface area contributed by atoms with Crippen molar-refractivity contribution < 1.29 is 4.39 Å². The Balaban J connectivity index is 3.68. The molecule has 74 valence electrons. The van der Waals surface area contributed by atoms with Gasteiger partial charge in [0.05, 0.1) is 0 Å². The van der Waals surface area contributed by atoms with Gasteiger partial charge in [-0.15, -0.1) is 5.46 Å². The third kappa shape index (κ3) is 2.12. The highest BCUT2D eigenvalue weighted by Gasteiger charge is 2.20. The van der Waals surface area contributed by atoms with E-state index in [0.29, 0.717) is 15.9 Å². The Morgan fingerprint density at radius 1 is 0.933 bits per heavy atom. The summed E-state index contributed by atoms with van der Waals surface area (Å²) in [7, 11) is 16.0. The zero-order valence-electron chi connectivity index (χ0n) is 9.52. The summed E-state index contributed by atoms with van der Waals surface area (Å²) in [6.45, 7) is 1.62. The maximum absolute atomic E-state index is 14.0. The Hall–Kier alpha value is -0.305. The van der Waals surface area contributed by atoms with Gasteiger partial charge in [0, 0.05) is 4.90 Å². The Morgan fingerprint density at radius 3 is 1.80 bits per heavy atom. The predicted octanol–water partition coefficient (Wildman–Crippen LogP) is -0.432. The number of halogens is 1. The van der Waals surface area contributed by atoms with E-state index in [0.717, 1.165) is 0 Å². The van der Waals surface area contributed by atoms with Crippen molar-refractivity contribution in [2.75, 3.05) is 18.8 Å². The molecule has 1 aromatic carbocycles. The van der Waals surface area contributed by atoms with Crippen molar-refractivity contribution in [1.82, 2.24) is 0 Å². The zero-order valence-corrected chi connectivity index (χ0v) is 10.3. The molecule has 0 amide bonds. The van der Waals surface area contributed by atoms with E-state index in [1.807, 2.05) is 18.8 Å². The molecule has 0 saturated carbocycles. The molecule has 0 aliphatic carbocycles. The van der Waals surface area contributed by atoms with Crippen LogP contribution in [0.15, 0.2) is 4.90 Å². The normalized spacial score (nSPS) is 12.9. The smallest absolute Gasteiger partial charge is 0.136 e. The number of hydrogen-bond acceptors (Lipinski definition) is 0. The molecule has 0 bridgehead atoms. The minimum absolute atomic E-state index is 0.248. The van der Waals surface area contributed by atoms with Crippen molar-refractivity contribution in [2.24, 2.45) is 0 Å². The number of rotatable bonds is 1. The minimum atomic E-state index is -1.26. The van der Waals surface area contributed by atoms with Crippen LogP contribution < -0.4 is 16.4 Å². The van der Waals surface area contributed by atoms with E-state index in [2.05, 4.69) is 0 Å². The third-order valence-electron chi connectivity index (χ3n) is 2.37. The van der Waals surface area contributed by atoms with Crippen LogP contribution in [0.2, 0.25) is 0 Å². The molecule has 0 spiro atoms. The Kier molecular flexibility index (Phi) is 3.34. The van der Waals surface area contributed by atoms with Gasteiger partial charge in [-0.1, -0.05) is 10.9 Å². The van der Waals surface area contributed by atoms with Crippen LogP contribution in [0.4, 0.5) is 4.39 Å². The van der Waals surface area contributed by atoms with E-state index < -0.39 is 10.0 Å². The number of hydrogen-bond donors (Lipinski definition) is 0. The summed E-state index contributed by atoms with van der Waals surface area (Å²) in [5.41, 5.74) is 1.22. The van der Waals surface area contributed by atoms with E-state index in [9.17, 15) is 4.39 Å². The lowest BCUT2D eigenvalue weighted by molar-refractivity contribution is 0.596. The Morgan fingerprint density at radius 2 is 1.40 bits per heavy atom. The maximum Gasteiger partial charge on any atom is 0.136 e. The summed E-state index contributed by atoms with van der Waals surface area (Å²) in [4.78, 5) is 0.520. The fourth-order valence-electron chi connectivity index (χ4n) is 1.47. The number of benzene rings is 1. The monoisotopic (exact) mass is 216 g/mol. The zero-order chi connectivity index (χ0) is 12.0. The lowest BCUT2D eigenvalue weighted by atomic mass is 9.70. The lowest BCUT2D eigenvalue weighted by Crippen LogP contribution is -2.43. The Labute approximate surface area is 96.6 Å². The summed E-state index contributed by atoms with van der Waals surface area (Å²) in [5, 5.41) is 0. The van der Waals surface area contributed by atoms with Crippen molar-refractivity contribution >= 4 is 50.0 Å². The van der Waals surface area contributed by atoms with Crippen molar-refractivity contribution in [3.05, 3.63) is 11.4 Å². The van der Waals surface area contributed by atoms with Gasteiger partial charge in [0.2, 0.25) is 0 Å². The SMILES string of the molecule is [B]c1c([B])c(C)c(F)c(S(C)(C)C)c1[B]. The molecule has 0 fully saturated rings. The van der Waals surface area contributed by atoms with E-state index in [-0.39, 0.29) is 16.7 Å². The first-order chi connectivity index (χ1) is 6.68. The molecular weight excluding hydrogens is 204 g/mol. The molecular formula is C10H12B3FS. The van der Waals surface area contributed by atoms with Gasteiger partial charge in [-0.2, -0.15) is 0 Å². The second-order valence-corrected chi connectivity index (χ2v) is 8.43. The molecule has 0 aliphatic rings. The summed E-state index contributed by atoms with van der Waals surface area (Å²) < 4.78 is 14.0. The topological polar surface area (TPSA) is 0 Å². The molecule has 5 heteroatoms. The summed E-state index contributed by atoms with van der Waals surface area (Å²) in [6, 6.07) is 0. The van der Waals surface area contributed by atoms with Gasteiger partial charge in [0.1, 0.15) is 29.4 Å². The average molecular weight is 216 g/mol. The molecule has 1 rings (SSSR count). The van der Waals surface area contributed by atoms with Crippen molar-refractivity contribution in [3.63, 3.8) is 0 Å². The van der Waals surface area contributed by atoms with Crippen LogP contribution in [0.3, 0.4) is 0 Å². The molecule has 0 nitrogen and oxygen atoms in total. The highest BCUT2D eigenvalue weighted by Crippen LogP contribution is 2.45. The molecule has 0 heterocycles. The molecule has 0 N–H and O–H groups in total. The first-order valence-electron chi connectivity index (χ1n) is 4.48. The second kappa shape index (κ2) is 3.93. The highest BCUT2D eigenvalue weighted by atomic mass is 32.3. The predicted molar refractivity (Wildman–Crippen MR) is 70.9 cm³/mol. The van der Waals surface area contributed by atoms with Gasteiger partial charge in [0.25, 0.3) is 0 Å². The molecule has 0 atom stereocenters. The minimum Gasteiger partial charge on any atom is -0.221 e. The maximum atomic E-state index is 14.0. The van der Waals surface area contributed by atoms with Gasteiger partial charge >= 0.3 is 0 Å². The molecule has 0 unspecified atom stereocenters. The molecule has 1 aromatic rings. The van der Waals surface area contributed by atoms with Gasteiger partial charge in [-0.25, -0.2) is 14.4 Å². The summed E-state index contributed by atoms with van der Waals surface area (Å²) in [5.74, 6) is -0.318. The standard InChI is InChI=1S/C10H12B3FS/c1-5-6(11)7(12)8(13)10(9(5)14)15(2,3)4/h1-4H3. The van der Waals surface area contributed by atoms with Crippen LogP contribution in [0.1, 0.15) is 5.56 Å². The van der Waals surface area contributed by atoms with Gasteiger partial charge in [-0.05, 0) is 31.3 Å². The van der Waals surface area contributed by atoms with Gasteiger partial charge < -0.3 is 0 Å². The van der Waals surface area contributed by atoms with Crippen LogP contribution >= 0.6 is 10.0 Å². The largest absolute Gasteiger partial charge is 0.221 e. The average Bonchev–Trinajstić information content (AvgIpc) is 2.09. The van der Waals surface area contributed by atoms with E-state index in [1.54, 1.807) is 6.92 Å². The third-order valence-corrected chi connectivity index (χ3v) is 3.99. The van der Waals surface area contributed by atoms with Crippen LogP contribution in [0, 0.1) is 12.7 Å². The van der Waals surface area contributed by atoms with Crippen molar-refractivity contribution in [3.8, 4) is 0 Å². The fraction of sp³-hybridized carbons (Fsp3) is 0.400. The molecule has 6 radical (unpaired) electrons. The van der Waals surface area contributed by atoms with E-state index in [4.69, 9.17) is 23.5 Å². The molecule has 15 heavy (non-hydrogen) atoms. The molecule has 0 aromatic heterocycles. The van der Waals surface area contributed by atoms with Crippen molar-refractivity contribution in [1.29, 1.82) is 0 Å².